The van der Waals surface area contributed by atoms with Crippen LogP contribution in [0.3, 0.4) is 0 Å². The minimum Gasteiger partial charge on any atom is -0.259 e. The highest BCUT2D eigenvalue weighted by molar-refractivity contribution is 6.32. The van der Waals surface area contributed by atoms with Gasteiger partial charge < -0.3 is 0 Å². The fourth-order valence-corrected chi connectivity index (χ4v) is 1.29. The highest BCUT2D eigenvalue weighted by Gasteiger charge is 2.03. The van der Waals surface area contributed by atoms with Crippen LogP contribution in [0.2, 0.25) is 5.02 Å². The summed E-state index contributed by atoms with van der Waals surface area (Å²) in [7, 11) is 0. The summed E-state index contributed by atoms with van der Waals surface area (Å²) in [6.45, 7) is 1.66. The van der Waals surface area contributed by atoms with Gasteiger partial charge in [0.25, 0.3) is 0 Å². The van der Waals surface area contributed by atoms with Crippen LogP contribution in [-0.4, -0.2) is 4.92 Å². The van der Waals surface area contributed by atoms with Gasteiger partial charge in [-0.3, -0.25) is 10.1 Å². The average molecular weight is 198 g/mol. The lowest BCUT2D eigenvalue weighted by molar-refractivity contribution is -0.401. The molecule has 0 aliphatic carbocycles. The largest absolute Gasteiger partial charge is 0.259 e. The molecule has 0 unspecified atom stereocenters. The molecule has 1 aromatic rings. The van der Waals surface area contributed by atoms with Crippen molar-refractivity contribution in [2.24, 2.45) is 0 Å². The van der Waals surface area contributed by atoms with E-state index in [4.69, 9.17) is 11.6 Å². The van der Waals surface area contributed by atoms with Gasteiger partial charge in [0, 0.05) is 16.2 Å². The number of hydrogen-bond acceptors (Lipinski definition) is 2. The van der Waals surface area contributed by atoms with E-state index in [9.17, 15) is 10.1 Å². The summed E-state index contributed by atoms with van der Waals surface area (Å²) in [5, 5.41) is 10.7. The van der Waals surface area contributed by atoms with Gasteiger partial charge in [-0.2, -0.15) is 0 Å². The molecule has 0 aromatic heterocycles. The third-order valence-electron chi connectivity index (χ3n) is 1.60. The van der Waals surface area contributed by atoms with Crippen LogP contribution in [-0.2, 0) is 0 Å². The van der Waals surface area contributed by atoms with Gasteiger partial charge in [-0.25, -0.2) is 0 Å². The van der Waals surface area contributed by atoms with Crippen LogP contribution < -0.4 is 0 Å². The van der Waals surface area contributed by atoms with Gasteiger partial charge in [-0.15, -0.1) is 0 Å². The lowest BCUT2D eigenvalue weighted by Gasteiger charge is -2.00. The number of halogens is 1. The summed E-state index contributed by atoms with van der Waals surface area (Å²) in [5.74, 6) is 0. The van der Waals surface area contributed by atoms with Crippen molar-refractivity contribution in [3.63, 3.8) is 0 Å². The van der Waals surface area contributed by atoms with Crippen LogP contribution in [0.1, 0.15) is 12.5 Å². The molecule has 68 valence electrons. The number of benzene rings is 1. The molecule has 0 atom stereocenters. The molecule has 0 bridgehead atoms. The van der Waals surface area contributed by atoms with Crippen molar-refractivity contribution in [3.05, 3.63) is 51.2 Å². The van der Waals surface area contributed by atoms with E-state index in [1.165, 1.54) is 0 Å². The summed E-state index contributed by atoms with van der Waals surface area (Å²) in [5.41, 5.74) is 1.25. The molecule has 0 radical (unpaired) electrons. The lowest BCUT2D eigenvalue weighted by atomic mass is 10.1. The standard InChI is InChI=1S/C9H8ClNO2/c1-7(6-11(12)13)8-4-2-3-5-9(8)10/h2-6H,1H3. The minimum absolute atomic E-state index is 0.487. The molecule has 0 saturated heterocycles. The highest BCUT2D eigenvalue weighted by atomic mass is 35.5. The molecule has 1 rings (SSSR count). The Balaban J connectivity index is 3.08. The van der Waals surface area contributed by atoms with Crippen molar-refractivity contribution in [2.75, 3.05) is 0 Å². The monoisotopic (exact) mass is 197 g/mol. The van der Waals surface area contributed by atoms with Crippen molar-refractivity contribution in [1.82, 2.24) is 0 Å². The molecule has 0 spiro atoms. The van der Waals surface area contributed by atoms with Crippen molar-refractivity contribution < 1.29 is 4.92 Å². The highest BCUT2D eigenvalue weighted by Crippen LogP contribution is 2.22. The summed E-state index contributed by atoms with van der Waals surface area (Å²) < 4.78 is 0. The van der Waals surface area contributed by atoms with Gasteiger partial charge in [0.2, 0.25) is 6.20 Å². The first kappa shape index (κ1) is 9.74. The smallest absolute Gasteiger partial charge is 0.237 e. The molecule has 0 aliphatic heterocycles. The molecule has 0 heterocycles. The zero-order valence-electron chi connectivity index (χ0n) is 7.03. The SMILES string of the molecule is CC(=C[N+](=O)[O-])c1ccccc1Cl. The molecule has 0 fully saturated rings. The fourth-order valence-electron chi connectivity index (χ4n) is 1.01. The van der Waals surface area contributed by atoms with Gasteiger partial charge in [0.15, 0.2) is 0 Å². The Bertz CT molecular complexity index is 360. The van der Waals surface area contributed by atoms with Crippen LogP contribution in [0, 0.1) is 10.1 Å². The van der Waals surface area contributed by atoms with Gasteiger partial charge in [0.1, 0.15) is 0 Å². The summed E-state index contributed by atoms with van der Waals surface area (Å²) in [4.78, 5) is 9.69. The third kappa shape index (κ3) is 2.56. The lowest BCUT2D eigenvalue weighted by Crippen LogP contribution is -1.88. The number of nitrogens with zero attached hydrogens (tertiary/aromatic N) is 1. The van der Waals surface area contributed by atoms with E-state index in [1.54, 1.807) is 31.2 Å². The van der Waals surface area contributed by atoms with E-state index in [1.807, 2.05) is 0 Å². The molecule has 13 heavy (non-hydrogen) atoms. The molecule has 0 aliphatic rings. The molecule has 4 heteroatoms. The number of rotatable bonds is 2. The van der Waals surface area contributed by atoms with Crippen LogP contribution in [0.4, 0.5) is 0 Å². The maximum Gasteiger partial charge on any atom is 0.237 e. The van der Waals surface area contributed by atoms with E-state index in [0.29, 0.717) is 16.2 Å². The van der Waals surface area contributed by atoms with Gasteiger partial charge >= 0.3 is 0 Å². The summed E-state index contributed by atoms with van der Waals surface area (Å²) in [6.07, 6.45) is 0.946. The van der Waals surface area contributed by atoms with Gasteiger partial charge in [-0.05, 0) is 13.0 Å². The normalized spacial score (nSPS) is 11.4. The average Bonchev–Trinajstić information content (AvgIpc) is 2.03. The Morgan fingerprint density at radius 1 is 1.54 bits per heavy atom. The molecule has 0 saturated carbocycles. The fraction of sp³-hybridized carbons (Fsp3) is 0.111. The number of allylic oxidation sites excluding steroid dienone is 1. The molecule has 0 amide bonds. The Morgan fingerprint density at radius 3 is 2.69 bits per heavy atom. The van der Waals surface area contributed by atoms with Crippen LogP contribution >= 0.6 is 11.6 Å². The molecular formula is C9H8ClNO2. The maximum atomic E-state index is 10.2. The van der Waals surface area contributed by atoms with E-state index >= 15 is 0 Å². The van der Waals surface area contributed by atoms with Crippen molar-refractivity contribution in [1.29, 1.82) is 0 Å². The first-order valence-electron chi connectivity index (χ1n) is 3.68. The zero-order valence-corrected chi connectivity index (χ0v) is 7.78. The second kappa shape index (κ2) is 4.05. The Morgan fingerprint density at radius 2 is 2.15 bits per heavy atom. The Labute approximate surface area is 80.8 Å². The van der Waals surface area contributed by atoms with E-state index in [0.717, 1.165) is 6.20 Å². The van der Waals surface area contributed by atoms with Crippen LogP contribution in [0.5, 0.6) is 0 Å². The first-order chi connectivity index (χ1) is 6.11. The second-order valence-corrected chi connectivity index (χ2v) is 2.98. The quantitative estimate of drug-likeness (QED) is 0.540. The van der Waals surface area contributed by atoms with E-state index < -0.39 is 4.92 Å². The molecular weight excluding hydrogens is 190 g/mol. The zero-order chi connectivity index (χ0) is 9.84. The Hall–Kier alpha value is -1.35. The molecule has 3 nitrogen and oxygen atoms in total. The summed E-state index contributed by atoms with van der Waals surface area (Å²) in [6, 6.07) is 7.02. The van der Waals surface area contributed by atoms with E-state index in [-0.39, 0.29) is 0 Å². The predicted octanol–water partition coefficient (Wildman–Crippen LogP) is 2.98. The third-order valence-corrected chi connectivity index (χ3v) is 1.93. The van der Waals surface area contributed by atoms with Crippen LogP contribution in [0.25, 0.3) is 5.57 Å². The number of hydrogen-bond donors (Lipinski definition) is 0. The Kier molecular flexibility index (Phi) is 3.03. The first-order valence-corrected chi connectivity index (χ1v) is 4.06. The molecule has 0 N–H and O–H groups in total. The minimum atomic E-state index is -0.487. The molecule has 1 aromatic carbocycles. The maximum absolute atomic E-state index is 10.2. The van der Waals surface area contributed by atoms with Crippen molar-refractivity contribution in [2.45, 2.75) is 6.92 Å². The van der Waals surface area contributed by atoms with Crippen molar-refractivity contribution in [3.8, 4) is 0 Å². The second-order valence-electron chi connectivity index (χ2n) is 2.58. The van der Waals surface area contributed by atoms with Crippen molar-refractivity contribution >= 4 is 17.2 Å². The number of nitro groups is 1. The van der Waals surface area contributed by atoms with Gasteiger partial charge in [0.05, 0.1) is 4.92 Å². The van der Waals surface area contributed by atoms with Gasteiger partial charge in [-0.1, -0.05) is 29.8 Å². The van der Waals surface area contributed by atoms with Crippen LogP contribution in [0.15, 0.2) is 30.5 Å². The topological polar surface area (TPSA) is 43.1 Å². The predicted molar refractivity (Wildman–Crippen MR) is 52.1 cm³/mol. The summed E-state index contributed by atoms with van der Waals surface area (Å²) >= 11 is 5.84. The van der Waals surface area contributed by atoms with E-state index in [2.05, 4.69) is 0 Å².